The molecule has 10 heteroatoms. The van der Waals surface area contributed by atoms with Gasteiger partial charge in [0.15, 0.2) is 6.61 Å². The number of carbonyl (C=O) groups excluding carboxylic acids is 1. The molecule has 0 saturated carbocycles. The molecule has 0 fully saturated rings. The van der Waals surface area contributed by atoms with Gasteiger partial charge in [0.25, 0.3) is 5.91 Å². The van der Waals surface area contributed by atoms with Gasteiger partial charge in [-0.3, -0.25) is 9.69 Å². The number of hydrogen-bond acceptors (Lipinski definition) is 7. The van der Waals surface area contributed by atoms with Gasteiger partial charge in [-0.05, 0) is 29.7 Å². The quantitative estimate of drug-likeness (QED) is 0.422. The third-order valence-corrected chi connectivity index (χ3v) is 7.45. The van der Waals surface area contributed by atoms with E-state index < -0.39 is 22.0 Å². The molecule has 0 aromatic heterocycles. The number of aliphatic hydroxyl groups is 1. The molecule has 0 spiro atoms. The Morgan fingerprint density at radius 1 is 1.21 bits per heavy atom. The second kappa shape index (κ2) is 11.6. The minimum absolute atomic E-state index is 0.0286. The number of nitrogens with one attached hydrogen (secondary N) is 1. The van der Waals surface area contributed by atoms with Crippen LogP contribution in [0, 0.1) is 0 Å². The molecule has 3 rings (SSSR count). The summed E-state index contributed by atoms with van der Waals surface area (Å²) in [6.45, 7) is 2.15. The van der Waals surface area contributed by atoms with Gasteiger partial charge in [0, 0.05) is 46.3 Å². The molecule has 2 aromatic rings. The molecule has 0 saturated heterocycles. The topological polar surface area (TPSA) is 125 Å². The maximum atomic E-state index is 12.7. The van der Waals surface area contributed by atoms with Crippen molar-refractivity contribution in [2.45, 2.75) is 24.0 Å². The van der Waals surface area contributed by atoms with Crippen molar-refractivity contribution in [1.29, 1.82) is 0 Å². The summed E-state index contributed by atoms with van der Waals surface area (Å²) in [6, 6.07) is 14.4. The number of aliphatic hydroxyl groups excluding tert-OH is 1. The summed E-state index contributed by atoms with van der Waals surface area (Å²) in [5.74, 6) is -0.357. The van der Waals surface area contributed by atoms with Crippen molar-refractivity contribution in [3.63, 3.8) is 0 Å². The number of likely N-dealkylation sites (N-methyl/N-ethyl adjacent to an activating group) is 1. The SMILES string of the molecule is CN(CCN)S(=O)(=O)c1ccccc1OCC(=O)NCC(O)CN1CCc2ccccc2C1. The monoisotopic (exact) mass is 476 g/mol. The molecule has 0 bridgehead atoms. The van der Waals surface area contributed by atoms with Crippen LogP contribution in [0.1, 0.15) is 11.1 Å². The van der Waals surface area contributed by atoms with Crippen LogP contribution in [-0.2, 0) is 27.8 Å². The molecule has 1 unspecified atom stereocenters. The Bertz CT molecular complexity index is 1050. The van der Waals surface area contributed by atoms with Crippen LogP contribution in [-0.4, -0.2) is 81.1 Å². The molecule has 4 N–H and O–H groups in total. The van der Waals surface area contributed by atoms with Crippen molar-refractivity contribution < 1.29 is 23.1 Å². The number of amides is 1. The zero-order valence-electron chi connectivity index (χ0n) is 18.8. The van der Waals surface area contributed by atoms with Gasteiger partial charge in [0.1, 0.15) is 10.6 Å². The first-order chi connectivity index (χ1) is 15.8. The predicted octanol–water partition coefficient (Wildman–Crippen LogP) is 0.180. The summed E-state index contributed by atoms with van der Waals surface area (Å²) < 4.78 is 32.1. The lowest BCUT2D eigenvalue weighted by atomic mass is 10.00. The van der Waals surface area contributed by atoms with Crippen molar-refractivity contribution in [1.82, 2.24) is 14.5 Å². The lowest BCUT2D eigenvalue weighted by molar-refractivity contribution is -0.123. The van der Waals surface area contributed by atoms with E-state index in [1.165, 1.54) is 30.3 Å². The Kier molecular flexibility index (Phi) is 8.81. The van der Waals surface area contributed by atoms with E-state index in [0.29, 0.717) is 6.54 Å². The fourth-order valence-corrected chi connectivity index (χ4v) is 5.06. The van der Waals surface area contributed by atoms with Gasteiger partial charge in [-0.15, -0.1) is 0 Å². The van der Waals surface area contributed by atoms with Crippen LogP contribution in [0.2, 0.25) is 0 Å². The molecule has 9 nitrogen and oxygen atoms in total. The number of β-amino-alcohol motifs (C(OH)–C–C–N with tert-alkyl or cyclic N) is 1. The number of carbonyl (C=O) groups is 1. The third-order valence-electron chi connectivity index (χ3n) is 5.55. The van der Waals surface area contributed by atoms with E-state index >= 15 is 0 Å². The number of nitrogens with two attached hydrogens (primary N) is 1. The molecule has 0 aliphatic carbocycles. The van der Waals surface area contributed by atoms with Crippen molar-refractivity contribution in [3.8, 4) is 5.75 Å². The van der Waals surface area contributed by atoms with Crippen molar-refractivity contribution >= 4 is 15.9 Å². The second-order valence-electron chi connectivity index (χ2n) is 8.06. The minimum atomic E-state index is -3.79. The predicted molar refractivity (Wildman–Crippen MR) is 125 cm³/mol. The lowest BCUT2D eigenvalue weighted by Crippen LogP contribution is -2.43. The number of benzene rings is 2. The summed E-state index contributed by atoms with van der Waals surface area (Å²) in [5.41, 5.74) is 8.07. The number of para-hydroxylation sites is 1. The third kappa shape index (κ3) is 6.75. The van der Waals surface area contributed by atoms with E-state index in [9.17, 15) is 18.3 Å². The standard InChI is InChI=1S/C23H32N4O5S/c1-26(13-11-24)33(30,31)22-9-5-4-8-21(22)32-17-23(29)25-14-20(28)16-27-12-10-18-6-2-3-7-19(18)15-27/h2-9,20,28H,10-17,24H2,1H3,(H,25,29). The fraction of sp³-hybridized carbons (Fsp3) is 0.435. The number of hydrogen-bond donors (Lipinski definition) is 3. The van der Waals surface area contributed by atoms with Crippen LogP contribution in [0.5, 0.6) is 5.75 Å². The first kappa shape index (κ1) is 25.1. The molecular weight excluding hydrogens is 444 g/mol. The molecular formula is C23H32N4O5S. The van der Waals surface area contributed by atoms with Gasteiger partial charge in [-0.2, -0.15) is 4.31 Å². The number of sulfonamides is 1. The molecule has 0 radical (unpaired) electrons. The largest absolute Gasteiger partial charge is 0.482 e. The van der Waals surface area contributed by atoms with Crippen molar-refractivity contribution in [2.24, 2.45) is 5.73 Å². The van der Waals surface area contributed by atoms with E-state index in [0.717, 1.165) is 23.8 Å². The first-order valence-electron chi connectivity index (χ1n) is 10.9. The van der Waals surface area contributed by atoms with Crippen LogP contribution < -0.4 is 15.8 Å². The van der Waals surface area contributed by atoms with Gasteiger partial charge >= 0.3 is 0 Å². The highest BCUT2D eigenvalue weighted by Crippen LogP contribution is 2.25. The minimum Gasteiger partial charge on any atom is -0.482 e. The number of fused-ring (bicyclic) bond motifs is 1. The summed E-state index contributed by atoms with van der Waals surface area (Å²) >= 11 is 0. The average molecular weight is 477 g/mol. The lowest BCUT2D eigenvalue weighted by Gasteiger charge is -2.30. The maximum absolute atomic E-state index is 12.7. The molecule has 1 amide bonds. The molecule has 180 valence electrons. The molecule has 1 heterocycles. The summed E-state index contributed by atoms with van der Waals surface area (Å²) in [6.07, 6.45) is 0.211. The highest BCUT2D eigenvalue weighted by molar-refractivity contribution is 7.89. The molecule has 1 atom stereocenters. The molecule has 33 heavy (non-hydrogen) atoms. The summed E-state index contributed by atoms with van der Waals surface area (Å²) in [5, 5.41) is 13.0. The van der Waals surface area contributed by atoms with E-state index in [1.807, 2.05) is 12.1 Å². The first-order valence-corrected chi connectivity index (χ1v) is 12.4. The van der Waals surface area contributed by atoms with Crippen LogP contribution in [0.25, 0.3) is 0 Å². The highest BCUT2D eigenvalue weighted by Gasteiger charge is 2.24. The summed E-state index contributed by atoms with van der Waals surface area (Å²) in [4.78, 5) is 14.4. The Morgan fingerprint density at radius 2 is 1.91 bits per heavy atom. The normalized spacial score (nSPS) is 15.2. The second-order valence-corrected chi connectivity index (χ2v) is 10.1. The van der Waals surface area contributed by atoms with Gasteiger partial charge in [0.05, 0.1) is 6.10 Å². The number of nitrogens with zero attached hydrogens (tertiary/aromatic N) is 2. The van der Waals surface area contributed by atoms with Crippen LogP contribution in [0.15, 0.2) is 53.4 Å². The van der Waals surface area contributed by atoms with Crippen LogP contribution in [0.3, 0.4) is 0 Å². The summed E-state index contributed by atoms with van der Waals surface area (Å²) in [7, 11) is -2.35. The van der Waals surface area contributed by atoms with E-state index in [4.69, 9.17) is 10.5 Å². The van der Waals surface area contributed by atoms with E-state index in [1.54, 1.807) is 12.1 Å². The van der Waals surface area contributed by atoms with Crippen molar-refractivity contribution in [3.05, 3.63) is 59.7 Å². The molecule has 2 aromatic carbocycles. The smallest absolute Gasteiger partial charge is 0.258 e. The Labute approximate surface area is 195 Å². The maximum Gasteiger partial charge on any atom is 0.258 e. The van der Waals surface area contributed by atoms with Gasteiger partial charge in [-0.1, -0.05) is 36.4 Å². The number of rotatable bonds is 11. The Morgan fingerprint density at radius 3 is 2.67 bits per heavy atom. The van der Waals surface area contributed by atoms with E-state index in [2.05, 4.69) is 22.3 Å². The average Bonchev–Trinajstić information content (AvgIpc) is 2.81. The molecule has 1 aliphatic rings. The van der Waals surface area contributed by atoms with Crippen LogP contribution >= 0.6 is 0 Å². The van der Waals surface area contributed by atoms with Crippen LogP contribution in [0.4, 0.5) is 0 Å². The number of ether oxygens (including phenoxy) is 1. The zero-order valence-corrected chi connectivity index (χ0v) is 19.6. The zero-order chi connectivity index (χ0) is 23.8. The van der Waals surface area contributed by atoms with E-state index in [-0.39, 0.29) is 36.9 Å². The molecule has 1 aliphatic heterocycles. The Hall–Kier alpha value is -2.50. The van der Waals surface area contributed by atoms with Gasteiger partial charge < -0.3 is 20.9 Å². The van der Waals surface area contributed by atoms with Gasteiger partial charge in [-0.25, -0.2) is 8.42 Å². The highest BCUT2D eigenvalue weighted by atomic mass is 32.2. The van der Waals surface area contributed by atoms with Gasteiger partial charge in [0.2, 0.25) is 10.0 Å². The van der Waals surface area contributed by atoms with Crippen molar-refractivity contribution in [2.75, 3.05) is 46.4 Å². The fourth-order valence-electron chi connectivity index (χ4n) is 3.75. The Balaban J connectivity index is 1.47.